The number of piperidine rings is 2. The quantitative estimate of drug-likeness (QED) is 0.753. The van der Waals surface area contributed by atoms with E-state index in [-0.39, 0.29) is 17.3 Å². The molecule has 0 spiro atoms. The third-order valence-corrected chi connectivity index (χ3v) is 7.73. The van der Waals surface area contributed by atoms with Crippen molar-refractivity contribution in [1.29, 1.82) is 0 Å². The second-order valence-corrected chi connectivity index (χ2v) is 9.91. The Kier molecular flexibility index (Phi) is 7.32. The van der Waals surface area contributed by atoms with E-state index < -0.39 is 10.0 Å². The Bertz CT molecular complexity index is 811. The number of hydrogen-bond acceptors (Lipinski definition) is 5. The molecule has 2 aliphatic heterocycles. The van der Waals surface area contributed by atoms with Gasteiger partial charge < -0.3 is 14.5 Å². The average Bonchev–Trinajstić information content (AvgIpc) is 2.74. The normalized spacial score (nSPS) is 20.2. The van der Waals surface area contributed by atoms with Crippen molar-refractivity contribution in [2.45, 2.75) is 56.6 Å². The van der Waals surface area contributed by atoms with Crippen molar-refractivity contribution >= 4 is 15.9 Å². The molecule has 0 unspecified atom stereocenters. The molecule has 2 aliphatic rings. The third kappa shape index (κ3) is 5.57. The summed E-state index contributed by atoms with van der Waals surface area (Å²) in [6.07, 6.45) is 4.38. The molecule has 1 N–H and O–H groups in total. The van der Waals surface area contributed by atoms with Crippen LogP contribution in [0.25, 0.3) is 0 Å². The van der Waals surface area contributed by atoms with Gasteiger partial charge in [0.05, 0.1) is 17.5 Å². The van der Waals surface area contributed by atoms with E-state index in [1.165, 1.54) is 0 Å². The monoisotopic (exact) mass is 423 g/mol. The molecule has 1 aromatic rings. The molecule has 162 valence electrons. The lowest BCUT2D eigenvalue weighted by atomic mass is 9.99. The van der Waals surface area contributed by atoms with E-state index in [9.17, 15) is 13.2 Å². The number of likely N-dealkylation sites (tertiary alicyclic amines) is 2. The van der Waals surface area contributed by atoms with Crippen molar-refractivity contribution in [3.63, 3.8) is 0 Å². The number of rotatable bonds is 6. The number of hydrogen-bond donors (Lipinski definition) is 1. The molecule has 0 saturated carbocycles. The van der Waals surface area contributed by atoms with E-state index in [1.54, 1.807) is 31.1 Å². The van der Waals surface area contributed by atoms with Gasteiger partial charge >= 0.3 is 0 Å². The molecule has 7 nitrogen and oxygen atoms in total. The fourth-order valence-electron chi connectivity index (χ4n) is 4.30. The summed E-state index contributed by atoms with van der Waals surface area (Å²) in [6.45, 7) is 6.87. The van der Waals surface area contributed by atoms with Gasteiger partial charge in [0.25, 0.3) is 0 Å². The first-order valence-electron chi connectivity index (χ1n) is 10.4. The van der Waals surface area contributed by atoms with Crippen molar-refractivity contribution in [1.82, 2.24) is 14.5 Å². The highest BCUT2D eigenvalue weighted by molar-refractivity contribution is 7.89. The molecule has 2 fully saturated rings. The zero-order chi connectivity index (χ0) is 21.0. The lowest BCUT2D eigenvalue weighted by Crippen LogP contribution is -2.51. The van der Waals surface area contributed by atoms with Crippen LogP contribution in [-0.2, 0) is 19.6 Å². The van der Waals surface area contributed by atoms with E-state index in [0.717, 1.165) is 44.3 Å². The number of methoxy groups -OCH3 is 1. The van der Waals surface area contributed by atoms with Crippen LogP contribution in [0.15, 0.2) is 23.1 Å². The smallest absolute Gasteiger partial charge is 0.241 e. The maximum Gasteiger partial charge on any atom is 0.241 e. The predicted octanol–water partition coefficient (Wildman–Crippen LogP) is 1.68. The zero-order valence-electron chi connectivity index (χ0n) is 17.7. The summed E-state index contributed by atoms with van der Waals surface area (Å²) >= 11 is 0. The molecule has 8 heteroatoms. The first-order valence-corrected chi connectivity index (χ1v) is 11.9. The van der Waals surface area contributed by atoms with Gasteiger partial charge in [-0.25, -0.2) is 13.1 Å². The Labute approximate surface area is 174 Å². The Hall–Kier alpha value is -1.48. The van der Waals surface area contributed by atoms with Gasteiger partial charge in [-0.15, -0.1) is 0 Å². The van der Waals surface area contributed by atoms with Gasteiger partial charge in [-0.1, -0.05) is 12.1 Å². The molecule has 29 heavy (non-hydrogen) atoms. The number of sulfonamides is 1. The molecule has 1 amide bonds. The maximum atomic E-state index is 12.6. The fourth-order valence-corrected chi connectivity index (χ4v) is 5.60. The van der Waals surface area contributed by atoms with Crippen LogP contribution in [0.3, 0.4) is 0 Å². The number of nitrogens with zero attached hydrogens (tertiary/aromatic N) is 2. The largest absolute Gasteiger partial charge is 0.381 e. The number of amides is 1. The topological polar surface area (TPSA) is 79.0 Å². The highest BCUT2D eigenvalue weighted by Crippen LogP contribution is 2.22. The highest BCUT2D eigenvalue weighted by Gasteiger charge is 2.30. The molecular weight excluding hydrogens is 390 g/mol. The molecule has 2 heterocycles. The third-order valence-electron chi connectivity index (χ3n) is 6.19. The number of aryl methyl sites for hydroxylation is 2. The summed E-state index contributed by atoms with van der Waals surface area (Å²) in [5.41, 5.74) is 1.55. The van der Waals surface area contributed by atoms with Crippen LogP contribution in [0.4, 0.5) is 0 Å². The summed E-state index contributed by atoms with van der Waals surface area (Å²) in [7, 11) is -1.92. The van der Waals surface area contributed by atoms with Gasteiger partial charge in [-0.05, 0) is 56.7 Å². The number of nitrogens with one attached hydrogen (secondary N) is 1. The van der Waals surface area contributed by atoms with E-state index in [0.29, 0.717) is 30.8 Å². The van der Waals surface area contributed by atoms with Crippen LogP contribution in [-0.4, -0.2) is 76.1 Å². The Morgan fingerprint density at radius 3 is 2.38 bits per heavy atom. The van der Waals surface area contributed by atoms with Gasteiger partial charge in [0, 0.05) is 39.3 Å². The molecule has 0 aliphatic carbocycles. The van der Waals surface area contributed by atoms with Crippen molar-refractivity contribution in [3.05, 3.63) is 29.3 Å². The second-order valence-electron chi connectivity index (χ2n) is 8.18. The van der Waals surface area contributed by atoms with Crippen molar-refractivity contribution in [3.8, 4) is 0 Å². The first kappa shape index (κ1) is 22.2. The minimum Gasteiger partial charge on any atom is -0.381 e. The minimum absolute atomic E-state index is 0.157. The number of ether oxygens (including phenoxy) is 1. The Morgan fingerprint density at radius 2 is 1.76 bits per heavy atom. The zero-order valence-corrected chi connectivity index (χ0v) is 18.5. The Morgan fingerprint density at radius 1 is 1.10 bits per heavy atom. The molecule has 0 radical (unpaired) electrons. The first-order chi connectivity index (χ1) is 13.8. The van der Waals surface area contributed by atoms with E-state index in [1.807, 2.05) is 13.0 Å². The molecular formula is C21H33N3O4S. The summed E-state index contributed by atoms with van der Waals surface area (Å²) in [5.74, 6) is -0.157. The summed E-state index contributed by atoms with van der Waals surface area (Å²) in [6, 6.07) is 5.80. The number of benzene rings is 1. The number of carbonyl (C=O) groups excluding carboxylic acids is 1. The highest BCUT2D eigenvalue weighted by atomic mass is 32.2. The van der Waals surface area contributed by atoms with Crippen LogP contribution in [0.5, 0.6) is 0 Å². The van der Waals surface area contributed by atoms with Crippen LogP contribution < -0.4 is 4.72 Å². The summed E-state index contributed by atoms with van der Waals surface area (Å²) < 4.78 is 33.1. The molecule has 0 atom stereocenters. The molecule has 2 saturated heterocycles. The van der Waals surface area contributed by atoms with Crippen molar-refractivity contribution in [2.24, 2.45) is 0 Å². The Balaban J connectivity index is 1.48. The van der Waals surface area contributed by atoms with Gasteiger partial charge in [0.1, 0.15) is 0 Å². The molecule has 3 rings (SSSR count). The molecule has 0 aromatic heterocycles. The minimum atomic E-state index is -3.70. The lowest BCUT2D eigenvalue weighted by molar-refractivity contribution is -0.131. The molecule has 0 bridgehead atoms. The van der Waals surface area contributed by atoms with Crippen LogP contribution in [0.2, 0.25) is 0 Å². The fraction of sp³-hybridized carbons (Fsp3) is 0.667. The SMILES string of the molecule is COC1CCN(C2CCN(C(=O)CNS(=O)(=O)c3cc(C)ccc3C)CC2)CC1. The van der Waals surface area contributed by atoms with Gasteiger partial charge in [-0.3, -0.25) is 4.79 Å². The van der Waals surface area contributed by atoms with Crippen molar-refractivity contribution < 1.29 is 17.9 Å². The van der Waals surface area contributed by atoms with Crippen molar-refractivity contribution in [2.75, 3.05) is 39.8 Å². The van der Waals surface area contributed by atoms with E-state index in [2.05, 4.69) is 9.62 Å². The van der Waals surface area contributed by atoms with Crippen LogP contribution in [0, 0.1) is 13.8 Å². The van der Waals surface area contributed by atoms with Gasteiger partial charge in [-0.2, -0.15) is 0 Å². The molecule has 1 aromatic carbocycles. The summed E-state index contributed by atoms with van der Waals surface area (Å²) in [4.78, 5) is 17.1. The maximum absolute atomic E-state index is 12.6. The lowest BCUT2D eigenvalue weighted by Gasteiger charge is -2.41. The van der Waals surface area contributed by atoms with Crippen LogP contribution >= 0.6 is 0 Å². The van der Waals surface area contributed by atoms with Gasteiger partial charge in [0.2, 0.25) is 15.9 Å². The van der Waals surface area contributed by atoms with E-state index in [4.69, 9.17) is 4.74 Å². The summed E-state index contributed by atoms with van der Waals surface area (Å²) in [5, 5.41) is 0. The van der Waals surface area contributed by atoms with Crippen LogP contribution in [0.1, 0.15) is 36.8 Å². The average molecular weight is 424 g/mol. The van der Waals surface area contributed by atoms with Gasteiger partial charge in [0.15, 0.2) is 0 Å². The second kappa shape index (κ2) is 9.55. The van der Waals surface area contributed by atoms with E-state index >= 15 is 0 Å². The number of carbonyl (C=O) groups is 1. The standard InChI is InChI=1S/C21H33N3O4S/c1-16-4-5-17(2)20(14-16)29(26,27)22-15-21(25)24-10-6-18(7-11-24)23-12-8-19(28-3)9-13-23/h4-5,14,18-19,22H,6-13,15H2,1-3H3. The predicted molar refractivity (Wildman–Crippen MR) is 112 cm³/mol.